The summed E-state index contributed by atoms with van der Waals surface area (Å²) in [4.78, 5) is 20.8. The van der Waals surface area contributed by atoms with E-state index in [1.54, 1.807) is 30.3 Å². The maximum Gasteiger partial charge on any atom is 0.276 e. The molecule has 0 aliphatic carbocycles. The van der Waals surface area contributed by atoms with E-state index in [4.69, 9.17) is 23.2 Å². The fourth-order valence-electron chi connectivity index (χ4n) is 1.98. The first kappa shape index (κ1) is 15.9. The zero-order valence-electron chi connectivity index (χ0n) is 12.0. The maximum absolute atomic E-state index is 12.2. The van der Waals surface area contributed by atoms with Crippen molar-refractivity contribution in [2.45, 2.75) is 6.92 Å². The third-order valence-electron chi connectivity index (χ3n) is 3.05. The molecule has 7 heteroatoms. The number of thiazole rings is 1. The molecular weight excluding hydrogens is 353 g/mol. The molecule has 1 aromatic carbocycles. The summed E-state index contributed by atoms with van der Waals surface area (Å²) in [5.74, 6) is -0.299. The van der Waals surface area contributed by atoms with Gasteiger partial charge in [-0.05, 0) is 37.3 Å². The number of rotatable bonds is 3. The topological polar surface area (TPSA) is 54.9 Å². The zero-order valence-corrected chi connectivity index (χ0v) is 14.3. The van der Waals surface area contributed by atoms with Crippen LogP contribution in [0.25, 0.3) is 11.3 Å². The Balaban J connectivity index is 1.82. The van der Waals surface area contributed by atoms with Gasteiger partial charge in [-0.25, -0.2) is 9.97 Å². The number of hydrogen-bond donors (Lipinski definition) is 1. The second-order valence-electron chi connectivity index (χ2n) is 4.78. The lowest BCUT2D eigenvalue weighted by atomic mass is 10.2. The number of benzene rings is 1. The predicted molar refractivity (Wildman–Crippen MR) is 94.5 cm³/mol. The Morgan fingerprint density at radius 1 is 1.17 bits per heavy atom. The summed E-state index contributed by atoms with van der Waals surface area (Å²) in [7, 11) is 0. The quantitative estimate of drug-likeness (QED) is 0.706. The van der Waals surface area contributed by atoms with Gasteiger partial charge >= 0.3 is 0 Å². The van der Waals surface area contributed by atoms with Crippen LogP contribution in [-0.4, -0.2) is 15.9 Å². The van der Waals surface area contributed by atoms with Crippen molar-refractivity contribution in [1.29, 1.82) is 0 Å². The van der Waals surface area contributed by atoms with Gasteiger partial charge in [0.25, 0.3) is 5.91 Å². The molecule has 0 saturated carbocycles. The van der Waals surface area contributed by atoms with Crippen LogP contribution in [0.3, 0.4) is 0 Å². The Morgan fingerprint density at radius 2 is 2.00 bits per heavy atom. The molecule has 0 bridgehead atoms. The van der Waals surface area contributed by atoms with Gasteiger partial charge in [-0.1, -0.05) is 29.3 Å². The number of nitrogens with zero attached hydrogens (tertiary/aromatic N) is 2. The first-order valence-electron chi connectivity index (χ1n) is 6.69. The fraction of sp³-hybridized carbons (Fsp3) is 0.0625. The first-order valence-corrected chi connectivity index (χ1v) is 8.32. The molecule has 23 heavy (non-hydrogen) atoms. The Hall–Kier alpha value is -1.95. The Morgan fingerprint density at radius 3 is 2.78 bits per heavy atom. The molecule has 0 aliphatic heterocycles. The Bertz CT molecular complexity index is 879. The highest BCUT2D eigenvalue weighted by Gasteiger charge is 2.13. The van der Waals surface area contributed by atoms with E-state index in [1.807, 2.05) is 18.4 Å². The third-order valence-corrected chi connectivity index (χ3v) is 4.37. The fourth-order valence-corrected chi connectivity index (χ4v) is 3.07. The summed E-state index contributed by atoms with van der Waals surface area (Å²) in [5, 5.41) is 6.16. The van der Waals surface area contributed by atoms with Gasteiger partial charge < -0.3 is 0 Å². The third kappa shape index (κ3) is 3.69. The number of carbonyl (C=O) groups is 1. The number of hydrogen-bond acceptors (Lipinski definition) is 4. The monoisotopic (exact) mass is 363 g/mol. The number of carbonyl (C=O) groups excluding carboxylic acids is 1. The summed E-state index contributed by atoms with van der Waals surface area (Å²) in [6.45, 7) is 1.83. The van der Waals surface area contributed by atoms with E-state index >= 15 is 0 Å². The molecule has 1 amide bonds. The van der Waals surface area contributed by atoms with Gasteiger partial charge in [0, 0.05) is 21.7 Å². The van der Waals surface area contributed by atoms with Crippen LogP contribution in [0.1, 0.15) is 16.2 Å². The Labute approximate surface area is 147 Å². The molecule has 3 aromatic rings. The van der Waals surface area contributed by atoms with Crippen molar-refractivity contribution in [3.8, 4) is 11.3 Å². The molecule has 3 rings (SSSR count). The molecule has 116 valence electrons. The molecule has 2 aromatic heterocycles. The predicted octanol–water partition coefficient (Wildman–Crippen LogP) is 5.07. The molecule has 4 nitrogen and oxygen atoms in total. The minimum Gasteiger partial charge on any atom is -0.296 e. The standard InChI is InChI=1S/C16H11Cl2N3OS/c1-9-3-2-4-13(19-9)15(22)21-16-20-14(8-23-16)11-7-10(17)5-6-12(11)18/h2-8H,1H3,(H,20,21,22). The number of aryl methyl sites for hydroxylation is 1. The summed E-state index contributed by atoms with van der Waals surface area (Å²) in [6.07, 6.45) is 0. The molecule has 0 radical (unpaired) electrons. The van der Waals surface area contributed by atoms with Crippen molar-refractivity contribution in [2.24, 2.45) is 0 Å². The van der Waals surface area contributed by atoms with Crippen molar-refractivity contribution >= 4 is 45.6 Å². The van der Waals surface area contributed by atoms with Crippen LogP contribution < -0.4 is 5.32 Å². The van der Waals surface area contributed by atoms with E-state index in [0.717, 1.165) is 11.3 Å². The van der Waals surface area contributed by atoms with Crippen molar-refractivity contribution < 1.29 is 4.79 Å². The lowest BCUT2D eigenvalue weighted by molar-refractivity contribution is 0.102. The summed E-state index contributed by atoms with van der Waals surface area (Å²) < 4.78 is 0. The van der Waals surface area contributed by atoms with E-state index in [9.17, 15) is 4.79 Å². The lowest BCUT2D eigenvalue weighted by Gasteiger charge is -2.02. The lowest BCUT2D eigenvalue weighted by Crippen LogP contribution is -2.13. The van der Waals surface area contributed by atoms with Gasteiger partial charge in [-0.15, -0.1) is 11.3 Å². The largest absolute Gasteiger partial charge is 0.296 e. The molecule has 0 unspecified atom stereocenters. The van der Waals surface area contributed by atoms with Crippen LogP contribution in [0.4, 0.5) is 5.13 Å². The summed E-state index contributed by atoms with van der Waals surface area (Å²) in [6, 6.07) is 10.5. The molecular formula is C16H11Cl2N3OS. The summed E-state index contributed by atoms with van der Waals surface area (Å²) >= 11 is 13.5. The molecule has 2 heterocycles. The van der Waals surface area contributed by atoms with Crippen molar-refractivity contribution in [3.63, 3.8) is 0 Å². The number of halogens is 2. The number of amides is 1. The van der Waals surface area contributed by atoms with Crippen molar-refractivity contribution in [1.82, 2.24) is 9.97 Å². The molecule has 0 saturated heterocycles. The molecule has 0 spiro atoms. The number of anilines is 1. The molecule has 0 atom stereocenters. The smallest absolute Gasteiger partial charge is 0.276 e. The Kier molecular flexibility index (Phi) is 4.61. The van der Waals surface area contributed by atoms with Crippen LogP contribution in [0.2, 0.25) is 10.0 Å². The van der Waals surface area contributed by atoms with E-state index in [1.165, 1.54) is 11.3 Å². The van der Waals surface area contributed by atoms with Gasteiger partial charge in [-0.3, -0.25) is 10.1 Å². The second kappa shape index (κ2) is 6.66. The normalized spacial score (nSPS) is 10.6. The SMILES string of the molecule is Cc1cccc(C(=O)Nc2nc(-c3cc(Cl)ccc3Cl)cs2)n1. The zero-order chi connectivity index (χ0) is 16.4. The van der Waals surface area contributed by atoms with Crippen LogP contribution in [-0.2, 0) is 0 Å². The van der Waals surface area contributed by atoms with E-state index < -0.39 is 0 Å². The van der Waals surface area contributed by atoms with E-state index in [0.29, 0.717) is 26.6 Å². The maximum atomic E-state index is 12.2. The van der Waals surface area contributed by atoms with Crippen LogP contribution in [0, 0.1) is 6.92 Å². The second-order valence-corrected chi connectivity index (χ2v) is 6.48. The van der Waals surface area contributed by atoms with Gasteiger partial charge in [0.2, 0.25) is 0 Å². The first-order chi connectivity index (χ1) is 11.0. The number of nitrogens with one attached hydrogen (secondary N) is 1. The minimum absolute atomic E-state index is 0.299. The highest BCUT2D eigenvalue weighted by atomic mass is 35.5. The van der Waals surface area contributed by atoms with Gasteiger partial charge in [-0.2, -0.15) is 0 Å². The molecule has 0 fully saturated rings. The van der Waals surface area contributed by atoms with Gasteiger partial charge in [0.05, 0.1) is 10.7 Å². The average molecular weight is 364 g/mol. The minimum atomic E-state index is -0.299. The van der Waals surface area contributed by atoms with Crippen LogP contribution >= 0.6 is 34.5 Å². The van der Waals surface area contributed by atoms with Crippen molar-refractivity contribution in [3.05, 3.63) is 63.2 Å². The highest BCUT2D eigenvalue weighted by Crippen LogP contribution is 2.32. The van der Waals surface area contributed by atoms with Crippen molar-refractivity contribution in [2.75, 3.05) is 5.32 Å². The number of pyridine rings is 1. The van der Waals surface area contributed by atoms with Crippen LogP contribution in [0.5, 0.6) is 0 Å². The van der Waals surface area contributed by atoms with E-state index in [2.05, 4.69) is 15.3 Å². The van der Waals surface area contributed by atoms with Gasteiger partial charge in [0.15, 0.2) is 5.13 Å². The van der Waals surface area contributed by atoms with E-state index in [-0.39, 0.29) is 5.91 Å². The highest BCUT2D eigenvalue weighted by molar-refractivity contribution is 7.14. The number of aromatic nitrogens is 2. The van der Waals surface area contributed by atoms with Gasteiger partial charge in [0.1, 0.15) is 5.69 Å². The van der Waals surface area contributed by atoms with Crippen LogP contribution in [0.15, 0.2) is 41.8 Å². The molecule has 1 N–H and O–H groups in total. The average Bonchev–Trinajstić information content (AvgIpc) is 2.98. The molecule has 0 aliphatic rings. The summed E-state index contributed by atoms with van der Waals surface area (Å²) in [5.41, 5.74) is 2.52.